The van der Waals surface area contributed by atoms with Crippen molar-refractivity contribution in [1.82, 2.24) is 15.0 Å². The summed E-state index contributed by atoms with van der Waals surface area (Å²) in [5.74, 6) is 1.82. The van der Waals surface area contributed by atoms with Crippen LogP contribution in [0.1, 0.15) is 12.7 Å². The summed E-state index contributed by atoms with van der Waals surface area (Å²) in [6.07, 6.45) is 0.650. The molecule has 0 amide bonds. The van der Waals surface area contributed by atoms with E-state index in [4.69, 9.17) is 9.47 Å². The average molecular weight is 285 g/mol. The predicted molar refractivity (Wildman–Crippen MR) is 80.1 cm³/mol. The molecule has 0 saturated heterocycles. The van der Waals surface area contributed by atoms with Gasteiger partial charge >= 0.3 is 0 Å². The average Bonchev–Trinajstić information content (AvgIpc) is 2.51. The molecule has 0 atom stereocenters. The van der Waals surface area contributed by atoms with Gasteiger partial charge in [-0.2, -0.15) is 0 Å². The molecule has 0 fully saturated rings. The van der Waals surface area contributed by atoms with Gasteiger partial charge in [-0.05, 0) is 12.1 Å². The van der Waals surface area contributed by atoms with Crippen LogP contribution in [-0.4, -0.2) is 29.2 Å². The molecule has 1 aromatic carbocycles. The lowest BCUT2D eigenvalue weighted by Crippen LogP contribution is -2.12. The number of aryl methyl sites for hydroxylation is 1. The summed E-state index contributed by atoms with van der Waals surface area (Å²) in [4.78, 5) is 23.7. The maximum atomic E-state index is 12.1. The Hall–Kier alpha value is -2.63. The second kappa shape index (κ2) is 5.05. The Morgan fingerprint density at radius 2 is 1.81 bits per heavy atom. The number of methoxy groups -OCH3 is 2. The molecule has 21 heavy (non-hydrogen) atoms. The summed E-state index contributed by atoms with van der Waals surface area (Å²) in [6.45, 7) is 1.93. The van der Waals surface area contributed by atoms with Crippen molar-refractivity contribution in [2.45, 2.75) is 13.3 Å². The molecule has 0 radical (unpaired) electrons. The molecule has 6 heteroatoms. The van der Waals surface area contributed by atoms with Crippen molar-refractivity contribution in [2.24, 2.45) is 0 Å². The van der Waals surface area contributed by atoms with E-state index in [0.717, 1.165) is 5.39 Å². The number of aromatic nitrogens is 3. The largest absolute Gasteiger partial charge is 0.493 e. The summed E-state index contributed by atoms with van der Waals surface area (Å²) >= 11 is 0. The van der Waals surface area contributed by atoms with Crippen LogP contribution in [0.4, 0.5) is 0 Å². The monoisotopic (exact) mass is 285 g/mol. The summed E-state index contributed by atoms with van der Waals surface area (Å²) in [7, 11) is 3.14. The van der Waals surface area contributed by atoms with E-state index < -0.39 is 0 Å². The Labute approximate surface area is 120 Å². The molecule has 0 aliphatic rings. The van der Waals surface area contributed by atoms with Gasteiger partial charge < -0.3 is 14.5 Å². The lowest BCUT2D eigenvalue weighted by Gasteiger charge is -2.09. The van der Waals surface area contributed by atoms with E-state index in [0.29, 0.717) is 40.3 Å². The van der Waals surface area contributed by atoms with Gasteiger partial charge in [-0.15, -0.1) is 0 Å². The number of aromatic amines is 1. The highest BCUT2D eigenvalue weighted by Crippen LogP contribution is 2.32. The fourth-order valence-electron chi connectivity index (χ4n) is 2.26. The molecule has 1 N–H and O–H groups in total. The molecular weight excluding hydrogens is 270 g/mol. The van der Waals surface area contributed by atoms with Crippen molar-refractivity contribution in [3.63, 3.8) is 0 Å². The van der Waals surface area contributed by atoms with Crippen LogP contribution >= 0.6 is 0 Å². The number of hydrogen-bond acceptors (Lipinski definition) is 5. The van der Waals surface area contributed by atoms with E-state index in [1.807, 2.05) is 6.92 Å². The minimum atomic E-state index is -0.180. The van der Waals surface area contributed by atoms with Crippen LogP contribution in [0.5, 0.6) is 11.5 Å². The number of nitrogens with zero attached hydrogens (tertiary/aromatic N) is 2. The zero-order chi connectivity index (χ0) is 15.0. The molecule has 0 saturated carbocycles. The molecule has 3 aromatic rings. The van der Waals surface area contributed by atoms with Gasteiger partial charge in [-0.1, -0.05) is 6.92 Å². The molecular formula is C15H15N3O3. The molecule has 2 aromatic heterocycles. The molecule has 108 valence electrons. The molecule has 3 rings (SSSR count). The van der Waals surface area contributed by atoms with Crippen LogP contribution in [0.3, 0.4) is 0 Å². The van der Waals surface area contributed by atoms with Crippen LogP contribution in [0.2, 0.25) is 0 Å². The smallest absolute Gasteiger partial charge is 0.260 e. The number of H-pyrrole nitrogens is 1. The van der Waals surface area contributed by atoms with Crippen molar-refractivity contribution in [3.05, 3.63) is 34.4 Å². The predicted octanol–water partition coefficient (Wildman–Crippen LogP) is 2.05. The minimum absolute atomic E-state index is 0.180. The van der Waals surface area contributed by atoms with E-state index in [1.165, 1.54) is 0 Å². The fourth-order valence-corrected chi connectivity index (χ4v) is 2.26. The standard InChI is InChI=1S/C15H15N3O3/c1-4-13-17-14-9(15(19)18-13)5-8-6-11(20-2)12(21-3)7-10(8)16-14/h5-7H,4H2,1-3H3,(H,16,17,18,19). The van der Waals surface area contributed by atoms with Crippen LogP contribution in [-0.2, 0) is 6.42 Å². The van der Waals surface area contributed by atoms with Crippen molar-refractivity contribution in [1.29, 1.82) is 0 Å². The maximum absolute atomic E-state index is 12.1. The Bertz CT molecular complexity index is 887. The SMILES string of the molecule is CCc1nc2nc3cc(OC)c(OC)cc3cc2c(=O)[nH]1. The number of ether oxygens (including phenoxy) is 2. The zero-order valence-corrected chi connectivity index (χ0v) is 12.1. The molecule has 0 aliphatic heterocycles. The van der Waals surface area contributed by atoms with Gasteiger partial charge in [0.2, 0.25) is 0 Å². The van der Waals surface area contributed by atoms with Crippen LogP contribution in [0.25, 0.3) is 21.9 Å². The van der Waals surface area contributed by atoms with Gasteiger partial charge in [0, 0.05) is 17.9 Å². The normalized spacial score (nSPS) is 11.0. The highest BCUT2D eigenvalue weighted by Gasteiger charge is 2.11. The van der Waals surface area contributed by atoms with Gasteiger partial charge in [-0.3, -0.25) is 4.79 Å². The Morgan fingerprint density at radius 1 is 1.10 bits per heavy atom. The molecule has 0 spiro atoms. The van der Waals surface area contributed by atoms with Gasteiger partial charge in [0.25, 0.3) is 5.56 Å². The highest BCUT2D eigenvalue weighted by molar-refractivity contribution is 5.92. The third-order valence-corrected chi connectivity index (χ3v) is 3.38. The molecule has 6 nitrogen and oxygen atoms in total. The Kier molecular flexibility index (Phi) is 3.21. The topological polar surface area (TPSA) is 77.1 Å². The summed E-state index contributed by atoms with van der Waals surface area (Å²) in [5, 5.41) is 1.27. The molecule has 0 aliphatic carbocycles. The number of pyridine rings is 1. The van der Waals surface area contributed by atoms with Crippen LogP contribution in [0, 0.1) is 0 Å². The van der Waals surface area contributed by atoms with Crippen LogP contribution in [0.15, 0.2) is 23.0 Å². The van der Waals surface area contributed by atoms with E-state index >= 15 is 0 Å². The fraction of sp³-hybridized carbons (Fsp3) is 0.267. The number of hydrogen-bond donors (Lipinski definition) is 1. The second-order valence-corrected chi connectivity index (χ2v) is 4.63. The Morgan fingerprint density at radius 3 is 2.48 bits per heavy atom. The van der Waals surface area contributed by atoms with Gasteiger partial charge in [0.1, 0.15) is 5.82 Å². The van der Waals surface area contributed by atoms with Gasteiger partial charge in [-0.25, -0.2) is 9.97 Å². The first-order valence-corrected chi connectivity index (χ1v) is 6.62. The summed E-state index contributed by atoms with van der Waals surface area (Å²) < 4.78 is 10.5. The summed E-state index contributed by atoms with van der Waals surface area (Å²) in [6, 6.07) is 5.35. The van der Waals surface area contributed by atoms with E-state index in [2.05, 4.69) is 15.0 Å². The van der Waals surface area contributed by atoms with Crippen molar-refractivity contribution >= 4 is 21.9 Å². The highest BCUT2D eigenvalue weighted by atomic mass is 16.5. The number of nitrogens with one attached hydrogen (secondary N) is 1. The first-order chi connectivity index (χ1) is 10.2. The number of rotatable bonds is 3. The minimum Gasteiger partial charge on any atom is -0.493 e. The first kappa shape index (κ1) is 13.4. The third-order valence-electron chi connectivity index (χ3n) is 3.38. The van der Waals surface area contributed by atoms with E-state index in [1.54, 1.807) is 32.4 Å². The van der Waals surface area contributed by atoms with E-state index in [-0.39, 0.29) is 5.56 Å². The number of benzene rings is 1. The second-order valence-electron chi connectivity index (χ2n) is 4.63. The van der Waals surface area contributed by atoms with Crippen molar-refractivity contribution in [3.8, 4) is 11.5 Å². The quantitative estimate of drug-likeness (QED) is 0.745. The van der Waals surface area contributed by atoms with Gasteiger partial charge in [0.05, 0.1) is 25.1 Å². The summed E-state index contributed by atoms with van der Waals surface area (Å²) in [5.41, 5.74) is 0.969. The third kappa shape index (κ3) is 2.18. The van der Waals surface area contributed by atoms with Crippen molar-refractivity contribution in [2.75, 3.05) is 14.2 Å². The lowest BCUT2D eigenvalue weighted by atomic mass is 10.1. The van der Waals surface area contributed by atoms with Crippen LogP contribution < -0.4 is 15.0 Å². The van der Waals surface area contributed by atoms with E-state index in [9.17, 15) is 4.79 Å². The first-order valence-electron chi connectivity index (χ1n) is 6.62. The molecule has 2 heterocycles. The number of fused-ring (bicyclic) bond motifs is 2. The Balaban J connectivity index is 2.37. The van der Waals surface area contributed by atoms with Gasteiger partial charge in [0.15, 0.2) is 17.1 Å². The van der Waals surface area contributed by atoms with Crippen molar-refractivity contribution < 1.29 is 9.47 Å². The molecule has 0 bridgehead atoms. The lowest BCUT2D eigenvalue weighted by molar-refractivity contribution is 0.356. The maximum Gasteiger partial charge on any atom is 0.260 e. The molecule has 0 unspecified atom stereocenters. The zero-order valence-electron chi connectivity index (χ0n) is 12.1.